The summed E-state index contributed by atoms with van der Waals surface area (Å²) in [6.07, 6.45) is 0.846. The molecule has 2 aromatic rings. The second-order valence-corrected chi connectivity index (χ2v) is 8.15. The number of rotatable bonds is 6. The van der Waals surface area contributed by atoms with E-state index in [2.05, 4.69) is 27.3 Å². The standard InChI is InChI=1S/C20H21BrN2O3S/c1-26-18-6-5-14-7-8-23(11-15(14)9-18)20(25)13-27-12-19(24)22-17-4-2-3-16(21)10-17/h2-6,9-10H,7-8,11-13H2,1H3,(H,22,24). The van der Waals surface area contributed by atoms with Gasteiger partial charge in [-0.15, -0.1) is 11.8 Å². The molecule has 0 spiro atoms. The number of anilines is 1. The highest BCUT2D eigenvalue weighted by atomic mass is 79.9. The van der Waals surface area contributed by atoms with Gasteiger partial charge < -0.3 is 15.0 Å². The molecule has 1 aliphatic rings. The summed E-state index contributed by atoms with van der Waals surface area (Å²) >= 11 is 4.71. The zero-order valence-corrected chi connectivity index (χ0v) is 17.4. The van der Waals surface area contributed by atoms with Gasteiger partial charge in [0.1, 0.15) is 5.75 Å². The van der Waals surface area contributed by atoms with Crippen molar-refractivity contribution in [3.63, 3.8) is 0 Å². The quantitative estimate of drug-likeness (QED) is 0.731. The van der Waals surface area contributed by atoms with Crippen LogP contribution in [-0.2, 0) is 22.6 Å². The minimum Gasteiger partial charge on any atom is -0.497 e. The second kappa shape index (κ2) is 9.28. The van der Waals surface area contributed by atoms with Crippen LogP contribution in [0.5, 0.6) is 5.75 Å². The molecule has 0 aliphatic carbocycles. The monoisotopic (exact) mass is 448 g/mol. The fraction of sp³-hybridized carbons (Fsp3) is 0.300. The fourth-order valence-electron chi connectivity index (χ4n) is 2.96. The summed E-state index contributed by atoms with van der Waals surface area (Å²) in [7, 11) is 1.64. The molecule has 2 amide bonds. The van der Waals surface area contributed by atoms with Crippen molar-refractivity contribution in [1.29, 1.82) is 0 Å². The molecule has 3 rings (SSSR count). The van der Waals surface area contributed by atoms with Crippen molar-refractivity contribution in [1.82, 2.24) is 4.90 Å². The highest BCUT2D eigenvalue weighted by Crippen LogP contribution is 2.24. The number of carbonyl (C=O) groups is 2. The fourth-order valence-corrected chi connectivity index (χ4v) is 4.08. The highest BCUT2D eigenvalue weighted by molar-refractivity contribution is 9.10. The predicted octanol–water partition coefficient (Wildman–Crippen LogP) is 3.71. The van der Waals surface area contributed by atoms with Crippen LogP contribution >= 0.6 is 27.7 Å². The van der Waals surface area contributed by atoms with Crippen LogP contribution in [0.4, 0.5) is 5.69 Å². The van der Waals surface area contributed by atoms with Crippen LogP contribution in [0.25, 0.3) is 0 Å². The lowest BCUT2D eigenvalue weighted by Gasteiger charge is -2.29. The number of fused-ring (bicyclic) bond motifs is 1. The summed E-state index contributed by atoms with van der Waals surface area (Å²) < 4.78 is 6.18. The van der Waals surface area contributed by atoms with Gasteiger partial charge in [0.05, 0.1) is 18.6 Å². The maximum absolute atomic E-state index is 12.5. The Bertz CT molecular complexity index is 844. The maximum Gasteiger partial charge on any atom is 0.234 e. The smallest absolute Gasteiger partial charge is 0.234 e. The predicted molar refractivity (Wildman–Crippen MR) is 112 cm³/mol. The summed E-state index contributed by atoms with van der Waals surface area (Å²) in [5.41, 5.74) is 3.13. The Morgan fingerprint density at radius 2 is 2.04 bits per heavy atom. The number of amides is 2. The van der Waals surface area contributed by atoms with Crippen LogP contribution in [-0.4, -0.2) is 41.9 Å². The van der Waals surface area contributed by atoms with Gasteiger partial charge in [-0.3, -0.25) is 9.59 Å². The zero-order chi connectivity index (χ0) is 19.2. The molecule has 7 heteroatoms. The summed E-state index contributed by atoms with van der Waals surface area (Å²) in [4.78, 5) is 26.4. The number of hydrogen-bond acceptors (Lipinski definition) is 4. The molecular formula is C20H21BrN2O3S. The van der Waals surface area contributed by atoms with E-state index < -0.39 is 0 Å². The number of halogens is 1. The zero-order valence-electron chi connectivity index (χ0n) is 15.0. The summed E-state index contributed by atoms with van der Waals surface area (Å²) in [5, 5.41) is 2.83. The van der Waals surface area contributed by atoms with Gasteiger partial charge >= 0.3 is 0 Å². The Hall–Kier alpha value is -1.99. The van der Waals surface area contributed by atoms with Crippen LogP contribution in [0, 0.1) is 0 Å². The van der Waals surface area contributed by atoms with E-state index in [1.54, 1.807) is 7.11 Å². The third kappa shape index (κ3) is 5.49. The van der Waals surface area contributed by atoms with Crippen LogP contribution in [0.2, 0.25) is 0 Å². The molecular weight excluding hydrogens is 428 g/mol. The molecule has 0 atom stereocenters. The Labute approximate surface area is 171 Å². The van der Waals surface area contributed by atoms with Crippen LogP contribution in [0.1, 0.15) is 11.1 Å². The molecule has 0 aromatic heterocycles. The SMILES string of the molecule is COc1ccc2c(c1)CN(C(=O)CSCC(=O)Nc1cccc(Br)c1)CC2. The number of hydrogen-bond donors (Lipinski definition) is 1. The van der Waals surface area contributed by atoms with Crippen molar-refractivity contribution in [2.45, 2.75) is 13.0 Å². The van der Waals surface area contributed by atoms with E-state index in [0.717, 1.165) is 27.9 Å². The van der Waals surface area contributed by atoms with E-state index in [0.29, 0.717) is 18.8 Å². The third-order valence-electron chi connectivity index (χ3n) is 4.35. The van der Waals surface area contributed by atoms with Gasteiger partial charge in [0.25, 0.3) is 0 Å². The summed E-state index contributed by atoms with van der Waals surface area (Å²) in [6.45, 7) is 1.30. The van der Waals surface area contributed by atoms with Gasteiger partial charge in [0.15, 0.2) is 0 Å². The Morgan fingerprint density at radius 1 is 1.19 bits per heavy atom. The first kappa shape index (κ1) is 19.8. The molecule has 1 heterocycles. The molecule has 5 nitrogen and oxygen atoms in total. The Balaban J connectivity index is 1.46. The molecule has 0 saturated carbocycles. The molecule has 0 fully saturated rings. The van der Waals surface area contributed by atoms with Crippen molar-refractivity contribution < 1.29 is 14.3 Å². The first-order valence-corrected chi connectivity index (χ1v) is 10.6. The van der Waals surface area contributed by atoms with Crippen molar-refractivity contribution in [2.24, 2.45) is 0 Å². The van der Waals surface area contributed by atoms with Crippen LogP contribution in [0.3, 0.4) is 0 Å². The van der Waals surface area contributed by atoms with Gasteiger partial charge in [-0.25, -0.2) is 0 Å². The van der Waals surface area contributed by atoms with Gasteiger partial charge in [0, 0.05) is 23.2 Å². The number of nitrogens with one attached hydrogen (secondary N) is 1. The number of nitrogens with zero attached hydrogens (tertiary/aromatic N) is 1. The van der Waals surface area contributed by atoms with E-state index in [1.807, 2.05) is 41.3 Å². The van der Waals surface area contributed by atoms with Gasteiger partial charge in [-0.2, -0.15) is 0 Å². The van der Waals surface area contributed by atoms with Crippen molar-refractivity contribution in [2.75, 3.05) is 30.5 Å². The lowest BCUT2D eigenvalue weighted by molar-refractivity contribution is -0.129. The Kier molecular flexibility index (Phi) is 6.79. The average Bonchev–Trinajstić information content (AvgIpc) is 2.67. The van der Waals surface area contributed by atoms with E-state index in [-0.39, 0.29) is 17.6 Å². The maximum atomic E-state index is 12.5. The van der Waals surface area contributed by atoms with E-state index in [4.69, 9.17) is 4.74 Å². The number of benzene rings is 2. The van der Waals surface area contributed by atoms with Crippen molar-refractivity contribution in [3.05, 3.63) is 58.1 Å². The van der Waals surface area contributed by atoms with E-state index >= 15 is 0 Å². The molecule has 27 heavy (non-hydrogen) atoms. The number of thioether (sulfide) groups is 1. The van der Waals surface area contributed by atoms with Gasteiger partial charge in [-0.05, 0) is 47.9 Å². The lowest BCUT2D eigenvalue weighted by Crippen LogP contribution is -2.37. The molecule has 142 valence electrons. The van der Waals surface area contributed by atoms with Crippen LogP contribution < -0.4 is 10.1 Å². The van der Waals surface area contributed by atoms with E-state index in [9.17, 15) is 9.59 Å². The molecule has 0 unspecified atom stereocenters. The van der Waals surface area contributed by atoms with Crippen molar-refractivity contribution in [3.8, 4) is 5.75 Å². The first-order chi connectivity index (χ1) is 13.0. The van der Waals surface area contributed by atoms with Gasteiger partial charge in [0.2, 0.25) is 11.8 Å². The molecule has 1 aliphatic heterocycles. The first-order valence-electron chi connectivity index (χ1n) is 8.62. The van der Waals surface area contributed by atoms with Crippen molar-refractivity contribution >= 4 is 45.2 Å². The molecule has 1 N–H and O–H groups in total. The third-order valence-corrected chi connectivity index (χ3v) is 5.76. The number of carbonyl (C=O) groups excluding carboxylic acids is 2. The molecule has 0 radical (unpaired) electrons. The number of ether oxygens (including phenoxy) is 1. The summed E-state index contributed by atoms with van der Waals surface area (Å²) in [5.74, 6) is 1.30. The summed E-state index contributed by atoms with van der Waals surface area (Å²) in [6, 6.07) is 13.4. The Morgan fingerprint density at radius 3 is 2.81 bits per heavy atom. The number of methoxy groups -OCH3 is 1. The normalized spacial score (nSPS) is 13.0. The highest BCUT2D eigenvalue weighted by Gasteiger charge is 2.21. The minimum atomic E-state index is -0.111. The topological polar surface area (TPSA) is 58.6 Å². The van der Waals surface area contributed by atoms with Gasteiger partial charge in [-0.1, -0.05) is 28.1 Å². The average molecular weight is 449 g/mol. The van der Waals surface area contributed by atoms with E-state index in [1.165, 1.54) is 17.3 Å². The molecule has 0 bridgehead atoms. The van der Waals surface area contributed by atoms with Crippen LogP contribution in [0.15, 0.2) is 46.9 Å². The molecule has 2 aromatic carbocycles. The molecule has 0 saturated heterocycles. The minimum absolute atomic E-state index is 0.0590. The second-order valence-electron chi connectivity index (χ2n) is 6.25. The largest absolute Gasteiger partial charge is 0.497 e. The lowest BCUT2D eigenvalue weighted by atomic mass is 9.99.